The van der Waals surface area contributed by atoms with Crippen molar-refractivity contribution in [3.8, 4) is 0 Å². The molecule has 1 heterocycles. The third kappa shape index (κ3) is 2.36. The highest BCUT2D eigenvalue weighted by molar-refractivity contribution is 7.99. The molecule has 0 radical (unpaired) electrons. The van der Waals surface area contributed by atoms with Gasteiger partial charge in [0, 0.05) is 17.7 Å². The number of aliphatic hydroxyl groups excluding tert-OH is 1. The minimum atomic E-state index is 0.237. The number of benzene rings is 1. The fourth-order valence-electron chi connectivity index (χ4n) is 1.36. The van der Waals surface area contributed by atoms with E-state index in [1.54, 1.807) is 18.0 Å². The highest BCUT2D eigenvalue weighted by atomic mass is 32.2. The van der Waals surface area contributed by atoms with Gasteiger partial charge in [0.05, 0.1) is 11.2 Å². The van der Waals surface area contributed by atoms with E-state index in [1.807, 2.05) is 25.1 Å². The predicted molar refractivity (Wildman–Crippen MR) is 63.2 cm³/mol. The molecule has 0 aliphatic carbocycles. The molecule has 2 aromatic rings. The van der Waals surface area contributed by atoms with Crippen molar-refractivity contribution in [2.24, 2.45) is 5.92 Å². The van der Waals surface area contributed by atoms with E-state index in [2.05, 4.69) is 6.07 Å². The molecule has 0 bridgehead atoms. The Morgan fingerprint density at radius 2 is 2.27 bits per heavy atom. The third-order valence-electron chi connectivity index (χ3n) is 2.28. The van der Waals surface area contributed by atoms with E-state index in [0.717, 1.165) is 21.6 Å². The van der Waals surface area contributed by atoms with Crippen LogP contribution in [0.25, 0.3) is 11.0 Å². The lowest BCUT2D eigenvalue weighted by Crippen LogP contribution is -2.02. The van der Waals surface area contributed by atoms with Crippen molar-refractivity contribution >= 4 is 22.7 Å². The van der Waals surface area contributed by atoms with E-state index in [9.17, 15) is 0 Å². The van der Waals surface area contributed by atoms with Gasteiger partial charge in [-0.05, 0) is 18.1 Å². The van der Waals surface area contributed by atoms with Gasteiger partial charge in [-0.15, -0.1) is 11.8 Å². The van der Waals surface area contributed by atoms with Crippen molar-refractivity contribution in [3.63, 3.8) is 0 Å². The van der Waals surface area contributed by atoms with Gasteiger partial charge in [0.15, 0.2) is 0 Å². The van der Waals surface area contributed by atoms with Crippen molar-refractivity contribution in [1.82, 2.24) is 0 Å². The molecule has 0 amide bonds. The Bertz CT molecular complexity index is 436. The van der Waals surface area contributed by atoms with Crippen molar-refractivity contribution in [2.45, 2.75) is 11.8 Å². The average Bonchev–Trinajstić information content (AvgIpc) is 2.74. The number of para-hydroxylation sites is 1. The summed E-state index contributed by atoms with van der Waals surface area (Å²) in [7, 11) is 0. The zero-order valence-electron chi connectivity index (χ0n) is 8.64. The van der Waals surface area contributed by atoms with E-state index >= 15 is 0 Å². The molecule has 1 aromatic heterocycles. The quantitative estimate of drug-likeness (QED) is 0.807. The number of aliphatic hydroxyl groups is 1. The van der Waals surface area contributed by atoms with Crippen LogP contribution in [0.2, 0.25) is 0 Å². The molecule has 1 N–H and O–H groups in total. The molecule has 0 unspecified atom stereocenters. The molecular formula is C12H14O2S. The van der Waals surface area contributed by atoms with Crippen LogP contribution in [-0.4, -0.2) is 17.5 Å². The van der Waals surface area contributed by atoms with Crippen LogP contribution in [0.1, 0.15) is 6.92 Å². The fraction of sp³-hybridized carbons (Fsp3) is 0.333. The molecule has 0 saturated carbocycles. The summed E-state index contributed by atoms with van der Waals surface area (Å²) in [6.07, 6.45) is 1.71. The third-order valence-corrected chi connectivity index (χ3v) is 3.65. The first-order valence-corrected chi connectivity index (χ1v) is 5.99. The first-order chi connectivity index (χ1) is 7.31. The molecule has 1 aromatic carbocycles. The van der Waals surface area contributed by atoms with Gasteiger partial charge in [0.1, 0.15) is 5.58 Å². The van der Waals surface area contributed by atoms with Gasteiger partial charge in [-0.3, -0.25) is 0 Å². The topological polar surface area (TPSA) is 33.4 Å². The zero-order valence-corrected chi connectivity index (χ0v) is 9.46. The van der Waals surface area contributed by atoms with Crippen LogP contribution in [0.15, 0.2) is 39.8 Å². The highest BCUT2D eigenvalue weighted by Gasteiger charge is 2.06. The standard InChI is InChI=1S/C12H14O2S/c1-9(7-13)8-15-11-4-2-3-10-5-6-14-12(10)11/h2-6,9,13H,7-8H2,1H3/t9-/m0/s1. The molecule has 0 saturated heterocycles. The second kappa shape index (κ2) is 4.73. The number of fused-ring (bicyclic) bond motifs is 1. The Kier molecular flexibility index (Phi) is 3.34. The number of furan rings is 1. The summed E-state index contributed by atoms with van der Waals surface area (Å²) in [5.74, 6) is 1.23. The lowest BCUT2D eigenvalue weighted by Gasteiger charge is -2.07. The first-order valence-electron chi connectivity index (χ1n) is 5.01. The predicted octanol–water partition coefficient (Wildman–Crippen LogP) is 3.15. The summed E-state index contributed by atoms with van der Waals surface area (Å²) in [5.41, 5.74) is 0.952. The summed E-state index contributed by atoms with van der Waals surface area (Å²) in [4.78, 5) is 1.15. The molecule has 0 spiro atoms. The Hall–Kier alpha value is -0.930. The maximum absolute atomic E-state index is 8.95. The number of hydrogen-bond donors (Lipinski definition) is 1. The number of rotatable bonds is 4. The van der Waals surface area contributed by atoms with Crippen LogP contribution >= 0.6 is 11.8 Å². The van der Waals surface area contributed by atoms with E-state index in [-0.39, 0.29) is 6.61 Å². The minimum Gasteiger partial charge on any atom is -0.463 e. The summed E-state index contributed by atoms with van der Waals surface area (Å²) in [6.45, 7) is 2.27. The van der Waals surface area contributed by atoms with Gasteiger partial charge in [-0.1, -0.05) is 19.1 Å². The average molecular weight is 222 g/mol. The highest BCUT2D eigenvalue weighted by Crippen LogP contribution is 2.29. The Labute approximate surface area is 93.3 Å². The molecule has 80 valence electrons. The monoisotopic (exact) mass is 222 g/mol. The van der Waals surface area contributed by atoms with Gasteiger partial charge >= 0.3 is 0 Å². The molecular weight excluding hydrogens is 208 g/mol. The van der Waals surface area contributed by atoms with Crippen molar-refractivity contribution in [2.75, 3.05) is 12.4 Å². The van der Waals surface area contributed by atoms with Crippen LogP contribution in [0, 0.1) is 5.92 Å². The molecule has 15 heavy (non-hydrogen) atoms. The second-order valence-electron chi connectivity index (χ2n) is 3.69. The molecule has 0 aliphatic heterocycles. The first kappa shape index (κ1) is 10.6. The maximum Gasteiger partial charge on any atom is 0.147 e. The Balaban J connectivity index is 2.17. The number of hydrogen-bond acceptors (Lipinski definition) is 3. The van der Waals surface area contributed by atoms with E-state index < -0.39 is 0 Å². The molecule has 2 rings (SSSR count). The lowest BCUT2D eigenvalue weighted by atomic mass is 10.2. The molecule has 0 aliphatic rings. The lowest BCUT2D eigenvalue weighted by molar-refractivity contribution is 0.250. The largest absolute Gasteiger partial charge is 0.463 e. The Morgan fingerprint density at radius 1 is 1.40 bits per heavy atom. The van der Waals surface area contributed by atoms with Crippen LogP contribution in [0.4, 0.5) is 0 Å². The van der Waals surface area contributed by atoms with Crippen molar-refractivity contribution in [3.05, 3.63) is 30.5 Å². The van der Waals surface area contributed by atoms with Gasteiger partial charge in [0.25, 0.3) is 0 Å². The van der Waals surface area contributed by atoms with E-state index in [4.69, 9.17) is 9.52 Å². The summed E-state index contributed by atoms with van der Waals surface area (Å²) in [5, 5.41) is 10.1. The van der Waals surface area contributed by atoms with Crippen LogP contribution < -0.4 is 0 Å². The maximum atomic E-state index is 8.95. The molecule has 3 heteroatoms. The minimum absolute atomic E-state index is 0.237. The fourth-order valence-corrected chi connectivity index (χ4v) is 2.41. The summed E-state index contributed by atoms with van der Waals surface area (Å²) < 4.78 is 5.43. The molecule has 1 atom stereocenters. The SMILES string of the molecule is C[C@@H](CO)CSc1cccc2ccoc12. The number of thioether (sulfide) groups is 1. The van der Waals surface area contributed by atoms with Crippen LogP contribution in [-0.2, 0) is 0 Å². The van der Waals surface area contributed by atoms with Crippen LogP contribution in [0.3, 0.4) is 0 Å². The van der Waals surface area contributed by atoms with Gasteiger partial charge < -0.3 is 9.52 Å². The van der Waals surface area contributed by atoms with Gasteiger partial charge in [-0.25, -0.2) is 0 Å². The molecule has 0 fully saturated rings. The summed E-state index contributed by atoms with van der Waals surface area (Å²) >= 11 is 1.73. The Morgan fingerprint density at radius 3 is 3.07 bits per heavy atom. The normalized spacial score (nSPS) is 13.2. The molecule has 2 nitrogen and oxygen atoms in total. The smallest absolute Gasteiger partial charge is 0.147 e. The summed E-state index contributed by atoms with van der Waals surface area (Å²) in [6, 6.07) is 8.09. The van der Waals surface area contributed by atoms with Crippen molar-refractivity contribution < 1.29 is 9.52 Å². The van der Waals surface area contributed by atoms with E-state index in [1.165, 1.54) is 0 Å². The van der Waals surface area contributed by atoms with E-state index in [0.29, 0.717) is 5.92 Å². The zero-order chi connectivity index (χ0) is 10.7. The van der Waals surface area contributed by atoms with Crippen LogP contribution in [0.5, 0.6) is 0 Å². The second-order valence-corrected chi connectivity index (χ2v) is 4.76. The van der Waals surface area contributed by atoms with Gasteiger partial charge in [0.2, 0.25) is 0 Å². The van der Waals surface area contributed by atoms with Gasteiger partial charge in [-0.2, -0.15) is 0 Å². The van der Waals surface area contributed by atoms with Crippen molar-refractivity contribution in [1.29, 1.82) is 0 Å².